The molecule has 2 aromatic rings. The van der Waals surface area contributed by atoms with Crippen LogP contribution >= 0.6 is 0 Å². The van der Waals surface area contributed by atoms with E-state index in [2.05, 4.69) is 10.1 Å². The van der Waals surface area contributed by atoms with Gasteiger partial charge in [0.25, 0.3) is 0 Å². The Morgan fingerprint density at radius 2 is 2.04 bits per heavy atom. The molecule has 23 heavy (non-hydrogen) atoms. The third kappa shape index (κ3) is 4.10. The highest BCUT2D eigenvalue weighted by atomic mass is 19.4. The van der Waals surface area contributed by atoms with Crippen molar-refractivity contribution >= 4 is 0 Å². The van der Waals surface area contributed by atoms with Crippen molar-refractivity contribution in [3.63, 3.8) is 0 Å². The van der Waals surface area contributed by atoms with Gasteiger partial charge in [0, 0.05) is 12.8 Å². The summed E-state index contributed by atoms with van der Waals surface area (Å²) in [6.07, 6.45) is -0.934. The molecule has 1 aromatic heterocycles. The molecule has 4 nitrogen and oxygen atoms in total. The molecule has 124 valence electrons. The Morgan fingerprint density at radius 3 is 2.70 bits per heavy atom. The molecule has 1 fully saturated rings. The van der Waals surface area contributed by atoms with E-state index in [0.717, 1.165) is 18.6 Å². The second-order valence-electron chi connectivity index (χ2n) is 5.91. The first-order valence-electron chi connectivity index (χ1n) is 7.65. The Hall–Kier alpha value is -1.89. The smallest absolute Gasteiger partial charge is 0.394 e. The summed E-state index contributed by atoms with van der Waals surface area (Å²) >= 11 is 0. The third-order valence-corrected chi connectivity index (χ3v) is 3.89. The lowest BCUT2D eigenvalue weighted by Gasteiger charge is -2.09. The molecule has 0 atom stereocenters. The monoisotopic (exact) mass is 325 g/mol. The molecule has 0 spiro atoms. The maximum Gasteiger partial charge on any atom is 0.416 e. The zero-order chi connectivity index (χ0) is 16.4. The fourth-order valence-corrected chi connectivity index (χ4v) is 2.54. The topological polar surface area (TPSA) is 50.9 Å². The molecular weight excluding hydrogens is 307 g/mol. The van der Waals surface area contributed by atoms with E-state index < -0.39 is 11.7 Å². The summed E-state index contributed by atoms with van der Waals surface area (Å²) in [4.78, 5) is 4.46. The average Bonchev–Trinajstić information content (AvgIpc) is 3.22. The van der Waals surface area contributed by atoms with Gasteiger partial charge in [0.15, 0.2) is 5.82 Å². The van der Waals surface area contributed by atoms with Crippen LogP contribution in [-0.2, 0) is 25.6 Å². The molecule has 1 heterocycles. The van der Waals surface area contributed by atoms with Gasteiger partial charge in [-0.3, -0.25) is 0 Å². The lowest BCUT2D eigenvalue weighted by Crippen LogP contribution is -2.10. The van der Waals surface area contributed by atoms with Crippen LogP contribution in [0.3, 0.4) is 0 Å². The zero-order valence-corrected chi connectivity index (χ0v) is 12.6. The van der Waals surface area contributed by atoms with Gasteiger partial charge in [-0.05, 0) is 30.4 Å². The van der Waals surface area contributed by atoms with Gasteiger partial charge in [0.2, 0.25) is 0 Å². The van der Waals surface area contributed by atoms with Gasteiger partial charge < -0.3 is 5.11 Å². The van der Waals surface area contributed by atoms with Crippen LogP contribution in [0, 0.1) is 5.92 Å². The molecule has 1 N–H and O–H groups in total. The first-order valence-corrected chi connectivity index (χ1v) is 7.65. The predicted molar refractivity (Wildman–Crippen MR) is 77.8 cm³/mol. The fourth-order valence-electron chi connectivity index (χ4n) is 2.54. The molecule has 0 radical (unpaired) electrons. The number of halogens is 3. The zero-order valence-electron chi connectivity index (χ0n) is 12.6. The minimum absolute atomic E-state index is 0.0815. The molecule has 7 heteroatoms. The molecule has 1 aromatic carbocycles. The number of rotatable bonds is 6. The predicted octanol–water partition coefficient (Wildman–Crippen LogP) is 2.83. The number of hydrogen-bond donors (Lipinski definition) is 1. The molecule has 1 saturated carbocycles. The standard InChI is InChI=1S/C16H18F3N3O/c17-16(18,19)13-3-1-2-12(8-13)10-15-20-14(9-11-4-5-11)21-22(15)6-7-23/h1-3,8,11,23H,4-7,9-10H2. The normalized spacial score (nSPS) is 15.1. The van der Waals surface area contributed by atoms with Crippen molar-refractivity contribution in [2.45, 2.75) is 38.4 Å². The Labute approximate surface area is 132 Å². The van der Waals surface area contributed by atoms with Crippen molar-refractivity contribution in [2.75, 3.05) is 6.61 Å². The third-order valence-electron chi connectivity index (χ3n) is 3.89. The summed E-state index contributed by atoms with van der Waals surface area (Å²) in [6, 6.07) is 5.24. The van der Waals surface area contributed by atoms with Crippen molar-refractivity contribution < 1.29 is 18.3 Å². The summed E-state index contributed by atoms with van der Waals surface area (Å²) in [5.41, 5.74) is -0.134. The summed E-state index contributed by atoms with van der Waals surface area (Å²) in [5, 5.41) is 13.5. The van der Waals surface area contributed by atoms with Gasteiger partial charge in [-0.1, -0.05) is 18.2 Å². The van der Waals surface area contributed by atoms with Crippen LogP contribution < -0.4 is 0 Å². The van der Waals surface area contributed by atoms with Gasteiger partial charge in [0.05, 0.1) is 18.7 Å². The molecule has 1 aliphatic carbocycles. The van der Waals surface area contributed by atoms with Crippen LogP contribution in [0.1, 0.15) is 35.6 Å². The van der Waals surface area contributed by atoms with Gasteiger partial charge in [-0.15, -0.1) is 0 Å². The molecular formula is C16H18F3N3O. The van der Waals surface area contributed by atoms with Gasteiger partial charge >= 0.3 is 6.18 Å². The van der Waals surface area contributed by atoms with Crippen molar-refractivity contribution in [1.29, 1.82) is 0 Å². The second kappa shape index (κ2) is 6.31. The summed E-state index contributed by atoms with van der Waals surface area (Å²) < 4.78 is 40.0. The van der Waals surface area contributed by atoms with E-state index >= 15 is 0 Å². The molecule has 3 rings (SSSR count). The van der Waals surface area contributed by atoms with Gasteiger partial charge in [-0.25, -0.2) is 9.67 Å². The highest BCUT2D eigenvalue weighted by Crippen LogP contribution is 2.32. The molecule has 0 unspecified atom stereocenters. The lowest BCUT2D eigenvalue weighted by atomic mass is 10.1. The number of alkyl halides is 3. The Balaban J connectivity index is 1.82. The van der Waals surface area contributed by atoms with Crippen molar-refractivity contribution in [1.82, 2.24) is 14.8 Å². The van der Waals surface area contributed by atoms with Crippen LogP contribution in [0.4, 0.5) is 13.2 Å². The number of hydrogen-bond acceptors (Lipinski definition) is 3. The molecule has 0 amide bonds. The highest BCUT2D eigenvalue weighted by molar-refractivity contribution is 5.27. The van der Waals surface area contributed by atoms with E-state index in [1.807, 2.05) is 0 Å². The van der Waals surface area contributed by atoms with Crippen molar-refractivity contribution in [2.24, 2.45) is 5.92 Å². The average molecular weight is 325 g/mol. The highest BCUT2D eigenvalue weighted by Gasteiger charge is 2.30. The Morgan fingerprint density at radius 1 is 1.26 bits per heavy atom. The molecule has 0 saturated heterocycles. The molecule has 1 aliphatic rings. The maximum absolute atomic E-state index is 12.8. The summed E-state index contributed by atoms with van der Waals surface area (Å²) in [7, 11) is 0. The number of benzene rings is 1. The number of aliphatic hydroxyl groups is 1. The summed E-state index contributed by atoms with van der Waals surface area (Å²) in [6.45, 7) is 0.216. The Bertz CT molecular complexity index is 677. The van der Waals surface area contributed by atoms with Crippen molar-refractivity contribution in [3.05, 3.63) is 47.0 Å². The van der Waals surface area contributed by atoms with E-state index in [0.29, 0.717) is 29.7 Å². The second-order valence-corrected chi connectivity index (χ2v) is 5.91. The lowest BCUT2D eigenvalue weighted by molar-refractivity contribution is -0.137. The quantitative estimate of drug-likeness (QED) is 0.888. The largest absolute Gasteiger partial charge is 0.416 e. The number of aliphatic hydroxyl groups excluding tert-OH is 1. The Kier molecular flexibility index (Phi) is 4.39. The van der Waals surface area contributed by atoms with E-state index in [1.54, 1.807) is 10.7 Å². The first-order chi connectivity index (χ1) is 11.0. The van der Waals surface area contributed by atoms with E-state index in [4.69, 9.17) is 5.11 Å². The van der Waals surface area contributed by atoms with E-state index in [1.165, 1.54) is 18.9 Å². The van der Waals surface area contributed by atoms with Crippen molar-refractivity contribution in [3.8, 4) is 0 Å². The number of nitrogens with zero attached hydrogens (tertiary/aromatic N) is 3. The van der Waals surface area contributed by atoms with Crippen LogP contribution in [0.15, 0.2) is 24.3 Å². The number of aromatic nitrogens is 3. The SMILES string of the molecule is OCCn1nc(CC2CC2)nc1Cc1cccc(C(F)(F)F)c1. The van der Waals surface area contributed by atoms with Gasteiger partial charge in [0.1, 0.15) is 5.82 Å². The first kappa shape index (κ1) is 16.0. The summed E-state index contributed by atoms with van der Waals surface area (Å²) in [5.74, 6) is 1.93. The molecule has 0 bridgehead atoms. The minimum atomic E-state index is -4.36. The fraction of sp³-hybridized carbons (Fsp3) is 0.500. The van der Waals surface area contributed by atoms with E-state index in [-0.39, 0.29) is 13.0 Å². The van der Waals surface area contributed by atoms with E-state index in [9.17, 15) is 13.2 Å². The van der Waals surface area contributed by atoms with Crippen LogP contribution in [-0.4, -0.2) is 26.5 Å². The van der Waals surface area contributed by atoms with Crippen LogP contribution in [0.25, 0.3) is 0 Å². The maximum atomic E-state index is 12.8. The van der Waals surface area contributed by atoms with Crippen LogP contribution in [0.5, 0.6) is 0 Å². The van der Waals surface area contributed by atoms with Gasteiger partial charge in [-0.2, -0.15) is 18.3 Å². The molecule has 0 aliphatic heterocycles. The minimum Gasteiger partial charge on any atom is -0.394 e. The van der Waals surface area contributed by atoms with Crippen LogP contribution in [0.2, 0.25) is 0 Å².